The second-order valence-corrected chi connectivity index (χ2v) is 18.2. The van der Waals surface area contributed by atoms with Gasteiger partial charge in [-0.15, -0.1) is 22.7 Å². The van der Waals surface area contributed by atoms with Crippen molar-refractivity contribution in [3.05, 3.63) is 170 Å². The van der Waals surface area contributed by atoms with Crippen LogP contribution in [0.4, 0.5) is 0 Å². The van der Waals surface area contributed by atoms with E-state index in [1.807, 2.05) is 22.7 Å². The SMILES string of the molecule is c1ccc(-c2ccc3c(c2)c2c4c(cc5c6cc7c(cc6n3c52)c2cc3sc5ccccc5c3c3c5cc(-c6ccccc6)ccc5n7c23)sc2ccccc24)cc1. The maximum atomic E-state index is 2.59. The first-order chi connectivity index (χ1) is 28.8. The molecule has 0 N–H and O–H groups in total. The molecule has 0 unspecified atom stereocenters. The maximum Gasteiger partial charge on any atom is 0.0627 e. The fraction of sp³-hybridized carbons (Fsp3) is 0. The third-order valence-electron chi connectivity index (χ3n) is 13.1. The first-order valence-electron chi connectivity index (χ1n) is 19.9. The van der Waals surface area contributed by atoms with Gasteiger partial charge in [-0.2, -0.15) is 0 Å². The molecule has 266 valence electrons. The number of hydrogen-bond donors (Lipinski definition) is 0. The highest BCUT2D eigenvalue weighted by atomic mass is 32.1. The smallest absolute Gasteiger partial charge is 0.0627 e. The lowest BCUT2D eigenvalue weighted by Gasteiger charge is -2.06. The number of benzene rings is 9. The van der Waals surface area contributed by atoms with Crippen molar-refractivity contribution >= 4 is 139 Å². The fourth-order valence-electron chi connectivity index (χ4n) is 10.8. The molecular weight excluding hydrogens is 741 g/mol. The van der Waals surface area contributed by atoms with Crippen molar-refractivity contribution in [1.29, 1.82) is 0 Å². The van der Waals surface area contributed by atoms with Crippen molar-refractivity contribution in [2.24, 2.45) is 0 Å². The Balaban J connectivity index is 1.15. The Kier molecular flexibility index (Phi) is 5.46. The van der Waals surface area contributed by atoms with Crippen LogP contribution >= 0.6 is 22.7 Å². The van der Waals surface area contributed by atoms with E-state index >= 15 is 0 Å². The quantitative estimate of drug-likeness (QED) is 0.166. The summed E-state index contributed by atoms with van der Waals surface area (Å²) >= 11 is 3.84. The van der Waals surface area contributed by atoms with Gasteiger partial charge in [0, 0.05) is 83.4 Å². The van der Waals surface area contributed by atoms with E-state index in [0.29, 0.717) is 0 Å². The van der Waals surface area contributed by atoms with Crippen LogP contribution in [0.25, 0.3) is 139 Å². The van der Waals surface area contributed by atoms with Crippen LogP contribution in [0.3, 0.4) is 0 Å². The van der Waals surface area contributed by atoms with E-state index in [1.54, 1.807) is 0 Å². The lowest BCUT2D eigenvalue weighted by Crippen LogP contribution is -1.84. The van der Waals surface area contributed by atoms with Crippen molar-refractivity contribution in [3.8, 4) is 22.3 Å². The molecule has 6 aromatic heterocycles. The third-order valence-corrected chi connectivity index (χ3v) is 15.4. The minimum atomic E-state index is 1.24. The molecule has 58 heavy (non-hydrogen) atoms. The summed E-state index contributed by atoms with van der Waals surface area (Å²) in [5.41, 5.74) is 12.7. The monoisotopic (exact) mass is 768 g/mol. The number of thiophene rings is 2. The summed E-state index contributed by atoms with van der Waals surface area (Å²) in [5.74, 6) is 0. The van der Waals surface area contributed by atoms with Crippen LogP contribution in [-0.4, -0.2) is 8.80 Å². The molecule has 0 bridgehead atoms. The Morgan fingerprint density at radius 1 is 0.259 bits per heavy atom. The van der Waals surface area contributed by atoms with Gasteiger partial charge in [0.1, 0.15) is 0 Å². The molecular formula is C54H28N2S2. The van der Waals surface area contributed by atoms with E-state index in [0.717, 1.165) is 0 Å². The highest BCUT2D eigenvalue weighted by Gasteiger charge is 2.27. The summed E-state index contributed by atoms with van der Waals surface area (Å²) in [5, 5.41) is 16.1. The van der Waals surface area contributed by atoms with E-state index in [1.165, 1.54) is 139 Å². The number of hydrogen-bond acceptors (Lipinski definition) is 2. The molecule has 4 heteroatoms. The minimum Gasteiger partial charge on any atom is -0.308 e. The van der Waals surface area contributed by atoms with Gasteiger partial charge in [0.2, 0.25) is 0 Å². The van der Waals surface area contributed by atoms with Gasteiger partial charge in [0.25, 0.3) is 0 Å². The predicted molar refractivity (Wildman–Crippen MR) is 252 cm³/mol. The predicted octanol–water partition coefficient (Wildman–Crippen LogP) is 16.1. The van der Waals surface area contributed by atoms with Crippen LogP contribution in [0.2, 0.25) is 0 Å². The summed E-state index contributed by atoms with van der Waals surface area (Å²) in [4.78, 5) is 0. The van der Waals surface area contributed by atoms with Crippen LogP contribution in [0, 0.1) is 0 Å². The van der Waals surface area contributed by atoms with E-state index < -0.39 is 0 Å². The van der Waals surface area contributed by atoms with Gasteiger partial charge in [-0.25, -0.2) is 0 Å². The molecule has 0 aliphatic heterocycles. The molecule has 0 saturated heterocycles. The van der Waals surface area contributed by atoms with Crippen LogP contribution in [0.5, 0.6) is 0 Å². The second-order valence-electron chi connectivity index (χ2n) is 16.0. The number of nitrogens with zero attached hydrogens (tertiary/aromatic N) is 2. The average Bonchev–Trinajstić information content (AvgIpc) is 4.11. The molecule has 0 saturated carbocycles. The van der Waals surface area contributed by atoms with Crippen molar-refractivity contribution in [3.63, 3.8) is 0 Å². The standard InChI is InChI=1S/C54H28N2S2/c1-3-11-29(12-4-1)31-19-21-41-39(23-31)51-49-33-15-7-9-17-45(33)57-47(49)27-37-35-26-44-36(25-43(35)55(41)53(37)51)38-28-48-50(34-16-8-10-18-46(34)58-48)52-40-24-32(30-13-5-2-6-14-30)20-22-42(40)56(44)54(38)52/h1-28H. The van der Waals surface area contributed by atoms with Gasteiger partial charge in [-0.05, 0) is 82.9 Å². The lowest BCUT2D eigenvalue weighted by atomic mass is 9.98. The molecule has 6 heterocycles. The summed E-state index contributed by atoms with van der Waals surface area (Å²) < 4.78 is 10.5. The molecule has 0 aliphatic rings. The Bertz CT molecular complexity index is 3960. The molecule has 2 nitrogen and oxygen atoms in total. The molecule has 0 amide bonds. The van der Waals surface area contributed by atoms with E-state index in [-0.39, 0.29) is 0 Å². The Hall–Kier alpha value is -6.98. The molecule has 15 rings (SSSR count). The molecule has 0 fully saturated rings. The zero-order valence-corrected chi connectivity index (χ0v) is 32.5. The Morgan fingerprint density at radius 2 is 0.690 bits per heavy atom. The topological polar surface area (TPSA) is 8.82 Å². The average molecular weight is 769 g/mol. The van der Waals surface area contributed by atoms with Crippen molar-refractivity contribution < 1.29 is 0 Å². The van der Waals surface area contributed by atoms with Crippen molar-refractivity contribution in [2.75, 3.05) is 0 Å². The van der Waals surface area contributed by atoms with E-state index in [2.05, 4.69) is 179 Å². The maximum absolute atomic E-state index is 2.59. The van der Waals surface area contributed by atoms with Gasteiger partial charge in [-0.1, -0.05) is 109 Å². The number of rotatable bonds is 2. The first kappa shape index (κ1) is 30.2. The highest BCUT2D eigenvalue weighted by molar-refractivity contribution is 7.26. The fourth-order valence-corrected chi connectivity index (χ4v) is 13.1. The molecule has 15 aromatic rings. The zero-order valence-electron chi connectivity index (χ0n) is 30.9. The van der Waals surface area contributed by atoms with Gasteiger partial charge in [0.05, 0.1) is 33.1 Å². The minimum absolute atomic E-state index is 1.24. The summed E-state index contributed by atoms with van der Waals surface area (Å²) in [7, 11) is 0. The van der Waals surface area contributed by atoms with Crippen molar-refractivity contribution in [1.82, 2.24) is 8.80 Å². The van der Waals surface area contributed by atoms with Gasteiger partial charge in [0.15, 0.2) is 0 Å². The second kappa shape index (κ2) is 10.5. The van der Waals surface area contributed by atoms with Crippen LogP contribution in [0.1, 0.15) is 0 Å². The normalized spacial score (nSPS) is 12.8. The lowest BCUT2D eigenvalue weighted by molar-refractivity contribution is 1.36. The van der Waals surface area contributed by atoms with E-state index in [9.17, 15) is 0 Å². The van der Waals surface area contributed by atoms with Crippen LogP contribution in [0.15, 0.2) is 170 Å². The number of aromatic nitrogens is 2. The van der Waals surface area contributed by atoms with Crippen LogP contribution < -0.4 is 0 Å². The van der Waals surface area contributed by atoms with E-state index in [4.69, 9.17) is 0 Å². The molecule has 0 atom stereocenters. The third kappa shape index (κ3) is 3.61. The van der Waals surface area contributed by atoms with Crippen molar-refractivity contribution in [2.45, 2.75) is 0 Å². The molecule has 9 aromatic carbocycles. The summed E-state index contributed by atoms with van der Waals surface area (Å²) in [6, 6.07) is 63.8. The van der Waals surface area contributed by atoms with Gasteiger partial charge < -0.3 is 8.80 Å². The molecule has 0 spiro atoms. The number of fused-ring (bicyclic) bond motifs is 20. The molecule has 0 aliphatic carbocycles. The summed E-state index contributed by atoms with van der Waals surface area (Å²) in [6.45, 7) is 0. The highest BCUT2D eigenvalue weighted by Crippen LogP contribution is 2.52. The molecule has 0 radical (unpaired) electrons. The zero-order chi connectivity index (χ0) is 37.4. The largest absolute Gasteiger partial charge is 0.308 e. The summed E-state index contributed by atoms with van der Waals surface area (Å²) in [6.07, 6.45) is 0. The Labute approximate surface area is 338 Å². The first-order valence-corrected chi connectivity index (χ1v) is 21.6. The Morgan fingerprint density at radius 3 is 1.16 bits per heavy atom. The van der Waals surface area contributed by atoms with Gasteiger partial charge in [-0.3, -0.25) is 0 Å². The van der Waals surface area contributed by atoms with Crippen LogP contribution in [-0.2, 0) is 0 Å². The van der Waals surface area contributed by atoms with Gasteiger partial charge >= 0.3 is 0 Å².